The summed E-state index contributed by atoms with van der Waals surface area (Å²) in [6, 6.07) is 13.7. The summed E-state index contributed by atoms with van der Waals surface area (Å²) in [5.41, 5.74) is 2.78. The molecule has 136 valence electrons. The van der Waals surface area contributed by atoms with Crippen LogP contribution in [0.4, 0.5) is 15.6 Å². The van der Waals surface area contributed by atoms with Gasteiger partial charge < -0.3 is 20.1 Å². The monoisotopic (exact) mass is 388 g/mol. The first-order valence-electron chi connectivity index (χ1n) is 8.08. The predicted molar refractivity (Wildman–Crippen MR) is 109 cm³/mol. The molecule has 2 aromatic carbocycles. The molecule has 3 aromatic rings. The Labute approximate surface area is 160 Å². The fourth-order valence-corrected chi connectivity index (χ4v) is 3.71. The molecule has 0 aliphatic carbocycles. The van der Waals surface area contributed by atoms with E-state index in [4.69, 9.17) is 4.74 Å². The van der Waals surface area contributed by atoms with Crippen molar-refractivity contribution in [2.45, 2.75) is 11.8 Å². The minimum absolute atomic E-state index is 0.259. The molecule has 0 radical (unpaired) electrons. The second kappa shape index (κ2) is 8.88. The highest BCUT2D eigenvalue weighted by molar-refractivity contribution is 8.00. The number of carbonyl (C=O) groups excluding carboxylic acids is 1. The van der Waals surface area contributed by atoms with Crippen molar-refractivity contribution in [1.29, 1.82) is 0 Å². The van der Waals surface area contributed by atoms with Crippen molar-refractivity contribution in [2.24, 2.45) is 0 Å². The summed E-state index contributed by atoms with van der Waals surface area (Å²) in [7, 11) is 1.60. The van der Waals surface area contributed by atoms with Crippen molar-refractivity contribution >= 4 is 50.4 Å². The van der Waals surface area contributed by atoms with Crippen LogP contribution < -0.4 is 15.4 Å². The van der Waals surface area contributed by atoms with E-state index in [1.54, 1.807) is 18.4 Å². The molecule has 0 spiro atoms. The van der Waals surface area contributed by atoms with Crippen LogP contribution >= 0.6 is 23.3 Å². The van der Waals surface area contributed by atoms with Crippen LogP contribution in [0, 0.1) is 6.92 Å². The molecular weight excluding hydrogens is 368 g/mol. The summed E-state index contributed by atoms with van der Waals surface area (Å²) in [5, 5.41) is 6.34. The summed E-state index contributed by atoms with van der Waals surface area (Å²) < 4.78 is 9.24. The normalized spacial score (nSPS) is 10.7. The molecule has 0 fully saturated rings. The summed E-state index contributed by atoms with van der Waals surface area (Å²) in [6.45, 7) is 3.01. The highest BCUT2D eigenvalue weighted by Crippen LogP contribution is 2.31. The minimum atomic E-state index is -0.259. The van der Waals surface area contributed by atoms with Gasteiger partial charge in [-0.1, -0.05) is 29.0 Å². The van der Waals surface area contributed by atoms with Crippen LogP contribution in [-0.2, 0) is 4.74 Å². The number of benzene rings is 2. The second-order valence-corrected chi connectivity index (χ2v) is 7.50. The number of ether oxygens (including phenoxy) is 1. The van der Waals surface area contributed by atoms with E-state index in [0.717, 1.165) is 20.2 Å². The Kier molecular flexibility index (Phi) is 6.32. The summed E-state index contributed by atoms with van der Waals surface area (Å²) in [4.78, 5) is 17.5. The van der Waals surface area contributed by atoms with Gasteiger partial charge in [-0.05, 0) is 49.2 Å². The number of methoxy groups -OCH3 is 1. The lowest BCUT2D eigenvalue weighted by Crippen LogP contribution is -2.31. The maximum atomic E-state index is 11.8. The van der Waals surface area contributed by atoms with Crippen LogP contribution in [0.25, 0.3) is 10.2 Å². The Hall–Kier alpha value is -2.29. The van der Waals surface area contributed by atoms with Crippen molar-refractivity contribution < 1.29 is 9.53 Å². The summed E-state index contributed by atoms with van der Waals surface area (Å²) >= 11 is 3.11. The van der Waals surface area contributed by atoms with E-state index in [0.29, 0.717) is 18.8 Å². The zero-order chi connectivity index (χ0) is 18.4. The summed E-state index contributed by atoms with van der Waals surface area (Å²) in [5.74, 6) is 0. The largest absolute Gasteiger partial charge is 0.383 e. The molecule has 3 N–H and O–H groups in total. The lowest BCUT2D eigenvalue weighted by molar-refractivity contribution is 0.198. The van der Waals surface area contributed by atoms with E-state index in [1.165, 1.54) is 17.5 Å². The Morgan fingerprint density at radius 1 is 1.23 bits per heavy atom. The lowest BCUT2D eigenvalue weighted by Gasteiger charge is -2.06. The van der Waals surface area contributed by atoms with Gasteiger partial charge in [0.2, 0.25) is 0 Å². The SMILES string of the molecule is COCCNC(=O)Nc1ccc2sc(NSc3ccc(C)cc3)nc2c1. The number of nitrogens with zero attached hydrogens (tertiary/aromatic N) is 1. The van der Waals surface area contributed by atoms with E-state index in [-0.39, 0.29) is 6.03 Å². The number of thiazole rings is 1. The smallest absolute Gasteiger partial charge is 0.319 e. The van der Waals surface area contributed by atoms with Gasteiger partial charge >= 0.3 is 6.03 Å². The van der Waals surface area contributed by atoms with Gasteiger partial charge in [0, 0.05) is 24.2 Å². The summed E-state index contributed by atoms with van der Waals surface area (Å²) in [6.07, 6.45) is 0. The fourth-order valence-electron chi connectivity index (χ4n) is 2.20. The molecule has 0 saturated heterocycles. The first kappa shape index (κ1) is 18.5. The number of fused-ring (bicyclic) bond motifs is 1. The molecule has 1 heterocycles. The maximum absolute atomic E-state index is 11.8. The van der Waals surface area contributed by atoms with E-state index in [9.17, 15) is 4.79 Å². The van der Waals surface area contributed by atoms with Gasteiger partial charge in [0.25, 0.3) is 0 Å². The Morgan fingerprint density at radius 2 is 2.04 bits per heavy atom. The van der Waals surface area contributed by atoms with Crippen molar-refractivity contribution in [1.82, 2.24) is 10.3 Å². The molecule has 0 aliphatic heterocycles. The molecule has 8 heteroatoms. The van der Waals surface area contributed by atoms with Crippen LogP contribution in [0.5, 0.6) is 0 Å². The maximum Gasteiger partial charge on any atom is 0.319 e. The standard InChI is InChI=1S/C18H20N4O2S2/c1-12-3-6-14(7-4-12)26-22-18-21-15-11-13(5-8-16(15)25-18)20-17(23)19-9-10-24-2/h3-8,11H,9-10H2,1-2H3,(H,21,22)(H2,19,20,23). The first-order chi connectivity index (χ1) is 12.6. The van der Waals surface area contributed by atoms with Crippen molar-refractivity contribution in [2.75, 3.05) is 30.3 Å². The first-order valence-corrected chi connectivity index (χ1v) is 9.71. The minimum Gasteiger partial charge on any atom is -0.383 e. The van der Waals surface area contributed by atoms with Gasteiger partial charge in [0.05, 0.1) is 16.8 Å². The third-order valence-corrected chi connectivity index (χ3v) is 5.40. The lowest BCUT2D eigenvalue weighted by atomic mass is 10.2. The number of hydrogen-bond donors (Lipinski definition) is 3. The Bertz CT molecular complexity index is 881. The third-order valence-electron chi connectivity index (χ3n) is 3.51. The van der Waals surface area contributed by atoms with Gasteiger partial charge in [-0.3, -0.25) is 0 Å². The Balaban J connectivity index is 1.61. The molecule has 26 heavy (non-hydrogen) atoms. The molecule has 0 aliphatic rings. The van der Waals surface area contributed by atoms with E-state index >= 15 is 0 Å². The fraction of sp³-hybridized carbons (Fsp3) is 0.222. The van der Waals surface area contributed by atoms with Gasteiger partial charge in [0.1, 0.15) is 0 Å². The molecular formula is C18H20N4O2S2. The molecule has 2 amide bonds. The third kappa shape index (κ3) is 5.10. The van der Waals surface area contributed by atoms with Crippen LogP contribution in [0.3, 0.4) is 0 Å². The van der Waals surface area contributed by atoms with Crippen molar-refractivity contribution in [3.63, 3.8) is 0 Å². The molecule has 6 nitrogen and oxygen atoms in total. The van der Waals surface area contributed by atoms with Crippen molar-refractivity contribution in [3.05, 3.63) is 48.0 Å². The number of hydrogen-bond acceptors (Lipinski definition) is 6. The van der Waals surface area contributed by atoms with Crippen LogP contribution in [-0.4, -0.2) is 31.3 Å². The average Bonchev–Trinajstić information content (AvgIpc) is 3.03. The van der Waals surface area contributed by atoms with Crippen LogP contribution in [0.1, 0.15) is 5.56 Å². The van der Waals surface area contributed by atoms with Crippen LogP contribution in [0.2, 0.25) is 0 Å². The molecule has 0 saturated carbocycles. The number of rotatable bonds is 7. The van der Waals surface area contributed by atoms with Crippen molar-refractivity contribution in [3.8, 4) is 0 Å². The number of nitrogens with one attached hydrogen (secondary N) is 3. The molecule has 1 aromatic heterocycles. The number of aryl methyl sites for hydroxylation is 1. The van der Waals surface area contributed by atoms with E-state index in [1.807, 2.05) is 18.2 Å². The number of amides is 2. The average molecular weight is 389 g/mol. The molecule has 0 atom stereocenters. The highest BCUT2D eigenvalue weighted by atomic mass is 32.2. The van der Waals surface area contributed by atoms with Gasteiger partial charge in [-0.25, -0.2) is 9.78 Å². The van der Waals surface area contributed by atoms with E-state index < -0.39 is 0 Å². The topological polar surface area (TPSA) is 75.3 Å². The Morgan fingerprint density at radius 3 is 2.81 bits per heavy atom. The quantitative estimate of drug-likeness (QED) is 0.411. The second-order valence-electron chi connectivity index (χ2n) is 5.59. The zero-order valence-corrected chi connectivity index (χ0v) is 16.2. The number of aromatic nitrogens is 1. The number of carbonyl (C=O) groups is 1. The van der Waals surface area contributed by atoms with Gasteiger partial charge in [-0.15, -0.1) is 0 Å². The molecule has 0 unspecified atom stereocenters. The van der Waals surface area contributed by atoms with Crippen LogP contribution in [0.15, 0.2) is 47.4 Å². The van der Waals surface area contributed by atoms with E-state index in [2.05, 4.69) is 51.5 Å². The van der Waals surface area contributed by atoms with Gasteiger partial charge in [-0.2, -0.15) is 0 Å². The number of anilines is 2. The molecule has 0 bridgehead atoms. The molecule has 3 rings (SSSR count). The predicted octanol–water partition coefficient (Wildman–Crippen LogP) is 4.49. The highest BCUT2D eigenvalue weighted by Gasteiger charge is 2.07. The number of urea groups is 1. The van der Waals surface area contributed by atoms with Gasteiger partial charge in [0.15, 0.2) is 5.13 Å². The zero-order valence-electron chi connectivity index (χ0n) is 14.5.